The highest BCUT2D eigenvalue weighted by atomic mass is 32.1. The topological polar surface area (TPSA) is 22.1 Å². The standard InChI is InChI=1S/C13H15NOS/c1-10-3-5-11(6-4-10)7-13-14-12(8-15-2)9-16-13/h3-6,9H,7-8H2,1-2H3. The molecule has 2 nitrogen and oxygen atoms in total. The van der Waals surface area contributed by atoms with Gasteiger partial charge >= 0.3 is 0 Å². The maximum atomic E-state index is 5.05. The second kappa shape index (κ2) is 5.23. The second-order valence-corrected chi connectivity index (χ2v) is 4.77. The lowest BCUT2D eigenvalue weighted by atomic mass is 10.1. The van der Waals surface area contributed by atoms with Crippen LogP contribution in [0, 0.1) is 6.92 Å². The van der Waals surface area contributed by atoms with Gasteiger partial charge in [-0.2, -0.15) is 0 Å². The Hall–Kier alpha value is -1.19. The van der Waals surface area contributed by atoms with E-state index in [-0.39, 0.29) is 0 Å². The van der Waals surface area contributed by atoms with E-state index in [0.29, 0.717) is 6.61 Å². The fourth-order valence-corrected chi connectivity index (χ4v) is 2.34. The Morgan fingerprint density at radius 1 is 1.25 bits per heavy atom. The summed E-state index contributed by atoms with van der Waals surface area (Å²) in [5.74, 6) is 0. The van der Waals surface area contributed by atoms with Crippen LogP contribution in [0.3, 0.4) is 0 Å². The van der Waals surface area contributed by atoms with Crippen LogP contribution in [-0.4, -0.2) is 12.1 Å². The molecule has 0 unspecified atom stereocenters. The van der Waals surface area contributed by atoms with E-state index in [1.54, 1.807) is 18.4 Å². The van der Waals surface area contributed by atoms with Crippen molar-refractivity contribution in [2.75, 3.05) is 7.11 Å². The molecule has 2 aromatic rings. The minimum Gasteiger partial charge on any atom is -0.378 e. The first kappa shape index (κ1) is 11.3. The van der Waals surface area contributed by atoms with E-state index in [1.165, 1.54) is 11.1 Å². The number of methoxy groups -OCH3 is 1. The average molecular weight is 233 g/mol. The van der Waals surface area contributed by atoms with E-state index in [4.69, 9.17) is 4.74 Å². The maximum Gasteiger partial charge on any atom is 0.0973 e. The SMILES string of the molecule is COCc1csc(Cc2ccc(C)cc2)n1. The zero-order valence-corrected chi connectivity index (χ0v) is 10.4. The van der Waals surface area contributed by atoms with E-state index in [2.05, 4.69) is 41.6 Å². The first-order chi connectivity index (χ1) is 7.78. The number of hydrogen-bond acceptors (Lipinski definition) is 3. The molecule has 0 saturated carbocycles. The number of hydrogen-bond donors (Lipinski definition) is 0. The first-order valence-corrected chi connectivity index (χ1v) is 6.13. The normalized spacial score (nSPS) is 10.6. The predicted octanol–water partition coefficient (Wildman–Crippen LogP) is 3.19. The van der Waals surface area contributed by atoms with Gasteiger partial charge in [-0.05, 0) is 12.5 Å². The molecule has 1 heterocycles. The summed E-state index contributed by atoms with van der Waals surface area (Å²) in [7, 11) is 1.69. The molecule has 1 aromatic heterocycles. The molecule has 1 aromatic carbocycles. The summed E-state index contributed by atoms with van der Waals surface area (Å²) in [5.41, 5.74) is 3.63. The van der Waals surface area contributed by atoms with Gasteiger partial charge in [0.2, 0.25) is 0 Å². The van der Waals surface area contributed by atoms with Crippen LogP contribution in [0.1, 0.15) is 21.8 Å². The van der Waals surface area contributed by atoms with Gasteiger partial charge < -0.3 is 4.74 Å². The van der Waals surface area contributed by atoms with Crippen LogP contribution in [-0.2, 0) is 17.8 Å². The maximum absolute atomic E-state index is 5.05. The average Bonchev–Trinajstić information content (AvgIpc) is 2.70. The lowest BCUT2D eigenvalue weighted by Gasteiger charge is -1.98. The number of aromatic nitrogens is 1. The van der Waals surface area contributed by atoms with Crippen LogP contribution in [0.2, 0.25) is 0 Å². The molecule has 0 saturated heterocycles. The molecule has 16 heavy (non-hydrogen) atoms. The fraction of sp³-hybridized carbons (Fsp3) is 0.308. The fourth-order valence-electron chi connectivity index (χ4n) is 1.52. The molecule has 0 fully saturated rings. The molecule has 3 heteroatoms. The van der Waals surface area contributed by atoms with Crippen molar-refractivity contribution in [2.45, 2.75) is 20.0 Å². The van der Waals surface area contributed by atoms with Gasteiger partial charge in [0.25, 0.3) is 0 Å². The van der Waals surface area contributed by atoms with Gasteiger partial charge in [-0.3, -0.25) is 0 Å². The quantitative estimate of drug-likeness (QED) is 0.809. The van der Waals surface area contributed by atoms with Gasteiger partial charge in [0, 0.05) is 18.9 Å². The Morgan fingerprint density at radius 2 is 2.00 bits per heavy atom. The van der Waals surface area contributed by atoms with Crippen molar-refractivity contribution in [1.82, 2.24) is 4.98 Å². The lowest BCUT2D eigenvalue weighted by Crippen LogP contribution is -1.90. The Bertz CT molecular complexity index is 447. The molecule has 0 atom stereocenters. The number of nitrogens with zero attached hydrogens (tertiary/aromatic N) is 1. The molecule has 0 N–H and O–H groups in total. The van der Waals surface area contributed by atoms with Gasteiger partial charge in [0.1, 0.15) is 0 Å². The second-order valence-electron chi connectivity index (χ2n) is 3.83. The number of ether oxygens (including phenoxy) is 1. The van der Waals surface area contributed by atoms with Gasteiger partial charge in [-0.15, -0.1) is 11.3 Å². The minimum absolute atomic E-state index is 0.602. The first-order valence-electron chi connectivity index (χ1n) is 5.25. The lowest BCUT2D eigenvalue weighted by molar-refractivity contribution is 0.182. The van der Waals surface area contributed by atoms with E-state index in [9.17, 15) is 0 Å². The zero-order valence-electron chi connectivity index (χ0n) is 9.56. The Labute approximate surface area is 99.9 Å². The van der Waals surface area contributed by atoms with Gasteiger partial charge in [0.15, 0.2) is 0 Å². The smallest absolute Gasteiger partial charge is 0.0973 e. The summed E-state index contributed by atoms with van der Waals surface area (Å²) >= 11 is 1.70. The highest BCUT2D eigenvalue weighted by Crippen LogP contribution is 2.15. The van der Waals surface area contributed by atoms with Crippen LogP contribution in [0.4, 0.5) is 0 Å². The Morgan fingerprint density at radius 3 is 2.69 bits per heavy atom. The van der Waals surface area contributed by atoms with Gasteiger partial charge in [-0.25, -0.2) is 4.98 Å². The van der Waals surface area contributed by atoms with Crippen LogP contribution in [0.15, 0.2) is 29.6 Å². The Balaban J connectivity index is 2.05. The molecule has 2 rings (SSSR count). The summed E-state index contributed by atoms with van der Waals surface area (Å²) in [6.07, 6.45) is 0.911. The summed E-state index contributed by atoms with van der Waals surface area (Å²) in [5, 5.41) is 3.21. The highest BCUT2D eigenvalue weighted by Gasteiger charge is 2.02. The number of benzene rings is 1. The van der Waals surface area contributed by atoms with Crippen molar-refractivity contribution in [2.24, 2.45) is 0 Å². The number of aryl methyl sites for hydroxylation is 1. The van der Waals surface area contributed by atoms with Crippen LogP contribution in [0.25, 0.3) is 0 Å². The molecule has 0 spiro atoms. The number of thiazole rings is 1. The molecule has 0 bridgehead atoms. The monoisotopic (exact) mass is 233 g/mol. The van der Waals surface area contributed by atoms with Crippen molar-refractivity contribution in [3.8, 4) is 0 Å². The largest absolute Gasteiger partial charge is 0.378 e. The summed E-state index contributed by atoms with van der Waals surface area (Å²) in [4.78, 5) is 4.51. The van der Waals surface area contributed by atoms with Crippen LogP contribution >= 0.6 is 11.3 Å². The van der Waals surface area contributed by atoms with E-state index >= 15 is 0 Å². The molecule has 0 aliphatic carbocycles. The molecule has 0 aliphatic rings. The van der Waals surface area contributed by atoms with E-state index < -0.39 is 0 Å². The summed E-state index contributed by atoms with van der Waals surface area (Å²) in [6.45, 7) is 2.70. The van der Waals surface area contributed by atoms with Crippen LogP contribution in [0.5, 0.6) is 0 Å². The molecule has 84 valence electrons. The third-order valence-electron chi connectivity index (χ3n) is 2.37. The molecule has 0 radical (unpaired) electrons. The van der Waals surface area contributed by atoms with Crippen molar-refractivity contribution in [3.05, 3.63) is 51.5 Å². The van der Waals surface area contributed by atoms with Crippen LogP contribution < -0.4 is 0 Å². The third kappa shape index (κ3) is 2.90. The van der Waals surface area contributed by atoms with Crippen molar-refractivity contribution in [1.29, 1.82) is 0 Å². The minimum atomic E-state index is 0.602. The van der Waals surface area contributed by atoms with Crippen molar-refractivity contribution in [3.63, 3.8) is 0 Å². The predicted molar refractivity (Wildman–Crippen MR) is 66.8 cm³/mol. The summed E-state index contributed by atoms with van der Waals surface area (Å²) < 4.78 is 5.05. The molecule has 0 amide bonds. The molecule has 0 aliphatic heterocycles. The van der Waals surface area contributed by atoms with Gasteiger partial charge in [-0.1, -0.05) is 29.8 Å². The van der Waals surface area contributed by atoms with Crippen molar-refractivity contribution >= 4 is 11.3 Å². The van der Waals surface area contributed by atoms with E-state index in [0.717, 1.165) is 17.1 Å². The highest BCUT2D eigenvalue weighted by molar-refractivity contribution is 7.09. The molecular formula is C13H15NOS. The van der Waals surface area contributed by atoms with Gasteiger partial charge in [0.05, 0.1) is 17.3 Å². The molecular weight excluding hydrogens is 218 g/mol. The zero-order chi connectivity index (χ0) is 11.4. The third-order valence-corrected chi connectivity index (χ3v) is 3.27. The van der Waals surface area contributed by atoms with Crippen molar-refractivity contribution < 1.29 is 4.74 Å². The Kier molecular flexibility index (Phi) is 3.70. The van der Waals surface area contributed by atoms with E-state index in [1.807, 2.05) is 0 Å². The summed E-state index contributed by atoms with van der Waals surface area (Å²) in [6, 6.07) is 8.59. The number of rotatable bonds is 4.